The van der Waals surface area contributed by atoms with Gasteiger partial charge in [-0.3, -0.25) is 0 Å². The lowest BCUT2D eigenvalue weighted by Crippen LogP contribution is -2.03. The SMILES string of the molecule is Cc1c(Br)cccc1-n1nnnc1-c1cc(N)cc(F)c1. The summed E-state index contributed by atoms with van der Waals surface area (Å²) in [5.74, 6) is 0.00733. The number of aromatic nitrogens is 4. The fourth-order valence-electron chi connectivity index (χ4n) is 2.10. The molecule has 106 valence electrons. The molecule has 0 radical (unpaired) electrons. The Hall–Kier alpha value is -2.28. The third kappa shape index (κ3) is 2.52. The highest BCUT2D eigenvalue weighted by Crippen LogP contribution is 2.27. The van der Waals surface area contributed by atoms with Crippen LogP contribution in [0.2, 0.25) is 0 Å². The molecule has 0 aliphatic rings. The van der Waals surface area contributed by atoms with Crippen molar-refractivity contribution in [3.8, 4) is 17.1 Å². The summed E-state index contributed by atoms with van der Waals surface area (Å²) in [5.41, 5.74) is 8.33. The van der Waals surface area contributed by atoms with Crippen molar-refractivity contribution in [2.24, 2.45) is 0 Å². The average molecular weight is 348 g/mol. The van der Waals surface area contributed by atoms with Crippen molar-refractivity contribution in [1.29, 1.82) is 0 Å². The second-order valence-electron chi connectivity index (χ2n) is 4.57. The molecule has 0 saturated heterocycles. The van der Waals surface area contributed by atoms with Crippen molar-refractivity contribution in [3.63, 3.8) is 0 Å². The smallest absolute Gasteiger partial charge is 0.187 e. The van der Waals surface area contributed by atoms with Crippen LogP contribution in [0.3, 0.4) is 0 Å². The molecule has 5 nitrogen and oxygen atoms in total. The van der Waals surface area contributed by atoms with Crippen molar-refractivity contribution in [3.05, 3.63) is 52.3 Å². The molecule has 3 aromatic rings. The number of nitrogens with zero attached hydrogens (tertiary/aromatic N) is 4. The van der Waals surface area contributed by atoms with E-state index in [2.05, 4.69) is 31.5 Å². The van der Waals surface area contributed by atoms with Crippen LogP contribution in [0.1, 0.15) is 5.56 Å². The molecule has 0 fully saturated rings. The first-order valence-electron chi connectivity index (χ1n) is 6.16. The van der Waals surface area contributed by atoms with Crippen LogP contribution in [-0.2, 0) is 0 Å². The van der Waals surface area contributed by atoms with E-state index in [4.69, 9.17) is 5.73 Å². The number of hydrogen-bond acceptors (Lipinski definition) is 4. The van der Waals surface area contributed by atoms with Crippen molar-refractivity contribution in [2.45, 2.75) is 6.92 Å². The third-order valence-electron chi connectivity index (χ3n) is 3.12. The molecular weight excluding hydrogens is 337 g/mol. The van der Waals surface area contributed by atoms with Gasteiger partial charge in [0.25, 0.3) is 0 Å². The molecule has 1 heterocycles. The zero-order valence-corrected chi connectivity index (χ0v) is 12.7. The first-order chi connectivity index (χ1) is 10.1. The predicted octanol–water partition coefficient (Wildman–Crippen LogP) is 3.12. The Labute approximate surface area is 128 Å². The summed E-state index contributed by atoms with van der Waals surface area (Å²) in [6.45, 7) is 1.95. The average Bonchev–Trinajstić information content (AvgIpc) is 2.90. The lowest BCUT2D eigenvalue weighted by atomic mass is 10.1. The van der Waals surface area contributed by atoms with E-state index >= 15 is 0 Å². The molecule has 2 N–H and O–H groups in total. The van der Waals surface area contributed by atoms with Gasteiger partial charge in [0, 0.05) is 15.7 Å². The van der Waals surface area contributed by atoms with Crippen molar-refractivity contribution in [1.82, 2.24) is 20.2 Å². The van der Waals surface area contributed by atoms with Crippen LogP contribution in [0.15, 0.2) is 40.9 Å². The number of rotatable bonds is 2. The van der Waals surface area contributed by atoms with Gasteiger partial charge >= 0.3 is 0 Å². The maximum absolute atomic E-state index is 13.5. The van der Waals surface area contributed by atoms with Gasteiger partial charge in [0.2, 0.25) is 0 Å². The van der Waals surface area contributed by atoms with Crippen LogP contribution in [-0.4, -0.2) is 20.2 Å². The van der Waals surface area contributed by atoms with E-state index in [-0.39, 0.29) is 0 Å². The molecule has 0 saturated carbocycles. The Morgan fingerprint density at radius 3 is 2.81 bits per heavy atom. The lowest BCUT2D eigenvalue weighted by molar-refractivity contribution is 0.628. The summed E-state index contributed by atoms with van der Waals surface area (Å²) >= 11 is 3.47. The molecule has 0 amide bonds. The molecule has 0 aliphatic carbocycles. The molecule has 0 atom stereocenters. The maximum atomic E-state index is 13.5. The van der Waals surface area contributed by atoms with Gasteiger partial charge < -0.3 is 5.73 Å². The van der Waals surface area contributed by atoms with Gasteiger partial charge in [-0.2, -0.15) is 4.68 Å². The quantitative estimate of drug-likeness (QED) is 0.723. The van der Waals surface area contributed by atoms with Crippen molar-refractivity contribution >= 4 is 21.6 Å². The topological polar surface area (TPSA) is 69.6 Å². The van der Waals surface area contributed by atoms with Gasteiger partial charge in [-0.15, -0.1) is 5.10 Å². The number of nitrogen functional groups attached to an aromatic ring is 1. The minimum absolute atomic E-state index is 0.325. The molecule has 21 heavy (non-hydrogen) atoms. The van der Waals surface area contributed by atoms with Crippen LogP contribution < -0.4 is 5.73 Å². The van der Waals surface area contributed by atoms with Crippen molar-refractivity contribution in [2.75, 3.05) is 5.73 Å². The maximum Gasteiger partial charge on any atom is 0.187 e. The summed E-state index contributed by atoms with van der Waals surface area (Å²) < 4.78 is 16.0. The summed E-state index contributed by atoms with van der Waals surface area (Å²) in [6.07, 6.45) is 0. The first kappa shape index (κ1) is 13.7. The van der Waals surface area contributed by atoms with Crippen molar-refractivity contribution < 1.29 is 4.39 Å². The Balaban J connectivity index is 2.19. The van der Waals surface area contributed by atoms with E-state index in [0.29, 0.717) is 17.1 Å². The minimum Gasteiger partial charge on any atom is -0.399 e. The molecule has 1 aromatic heterocycles. The highest BCUT2D eigenvalue weighted by atomic mass is 79.9. The lowest BCUT2D eigenvalue weighted by Gasteiger charge is -2.09. The Morgan fingerprint density at radius 2 is 2.05 bits per heavy atom. The molecule has 7 heteroatoms. The van der Waals surface area contributed by atoms with E-state index in [1.165, 1.54) is 12.1 Å². The molecule has 0 spiro atoms. The number of anilines is 1. The summed E-state index contributed by atoms with van der Waals surface area (Å²) in [6, 6.07) is 9.95. The Bertz CT molecular complexity index is 795. The summed E-state index contributed by atoms with van der Waals surface area (Å²) in [7, 11) is 0. The highest BCUT2D eigenvalue weighted by molar-refractivity contribution is 9.10. The fraction of sp³-hybridized carbons (Fsp3) is 0.0714. The summed E-state index contributed by atoms with van der Waals surface area (Å²) in [4.78, 5) is 0. The van der Waals surface area contributed by atoms with Crippen LogP contribution in [0.25, 0.3) is 17.1 Å². The normalized spacial score (nSPS) is 10.8. The largest absolute Gasteiger partial charge is 0.399 e. The van der Waals surface area contributed by atoms with E-state index < -0.39 is 5.82 Å². The second-order valence-corrected chi connectivity index (χ2v) is 5.43. The van der Waals surface area contributed by atoms with Gasteiger partial charge in [0.05, 0.1) is 5.69 Å². The van der Waals surface area contributed by atoms with Crippen LogP contribution >= 0.6 is 15.9 Å². The Morgan fingerprint density at radius 1 is 1.24 bits per heavy atom. The predicted molar refractivity (Wildman–Crippen MR) is 81.4 cm³/mol. The van der Waals surface area contributed by atoms with E-state index in [0.717, 1.165) is 15.7 Å². The van der Waals surface area contributed by atoms with E-state index in [9.17, 15) is 4.39 Å². The number of benzene rings is 2. The molecule has 0 aliphatic heterocycles. The first-order valence-corrected chi connectivity index (χ1v) is 6.96. The van der Waals surface area contributed by atoms with Crippen LogP contribution in [0.5, 0.6) is 0 Å². The number of tetrazole rings is 1. The molecule has 0 unspecified atom stereocenters. The zero-order valence-electron chi connectivity index (χ0n) is 11.1. The second kappa shape index (κ2) is 5.25. The van der Waals surface area contributed by atoms with Gasteiger partial charge in [0.1, 0.15) is 5.82 Å². The van der Waals surface area contributed by atoms with Gasteiger partial charge in [-0.1, -0.05) is 22.0 Å². The standard InChI is InChI=1S/C14H11BrFN5/c1-8-12(15)3-2-4-13(8)21-14(18-19-20-21)9-5-10(16)7-11(17)6-9/h2-7H,17H2,1H3. The van der Waals surface area contributed by atoms with Gasteiger partial charge in [-0.25, -0.2) is 4.39 Å². The number of halogens is 2. The molecule has 3 rings (SSSR count). The van der Waals surface area contributed by atoms with E-state index in [1.54, 1.807) is 10.7 Å². The zero-order chi connectivity index (χ0) is 15.0. The van der Waals surface area contributed by atoms with Crippen LogP contribution in [0, 0.1) is 12.7 Å². The summed E-state index contributed by atoms with van der Waals surface area (Å²) in [5, 5.41) is 11.7. The monoisotopic (exact) mass is 347 g/mol. The highest BCUT2D eigenvalue weighted by Gasteiger charge is 2.14. The number of hydrogen-bond donors (Lipinski definition) is 1. The minimum atomic E-state index is -0.425. The van der Waals surface area contributed by atoms with Gasteiger partial charge in [0.15, 0.2) is 5.82 Å². The van der Waals surface area contributed by atoms with E-state index in [1.807, 2.05) is 25.1 Å². The molecular formula is C14H11BrFN5. The van der Waals surface area contributed by atoms with Crippen LogP contribution in [0.4, 0.5) is 10.1 Å². The third-order valence-corrected chi connectivity index (χ3v) is 3.97. The molecule has 2 aromatic carbocycles. The fourth-order valence-corrected chi connectivity index (χ4v) is 2.45. The number of nitrogens with two attached hydrogens (primary N) is 1. The molecule has 0 bridgehead atoms. The van der Waals surface area contributed by atoms with Gasteiger partial charge in [-0.05, 0) is 53.2 Å². The Kier molecular flexibility index (Phi) is 3.42.